The molecular weight excluding hydrogens is 202 g/mol. The molecule has 0 bridgehead atoms. The highest BCUT2D eigenvalue weighted by Gasteiger charge is 2.15. The zero-order chi connectivity index (χ0) is 11.7. The molecule has 0 aliphatic rings. The number of benzene rings is 1. The van der Waals surface area contributed by atoms with E-state index in [1.165, 1.54) is 10.9 Å². The molecule has 1 aromatic heterocycles. The number of carbonyl (C=O) groups excluding carboxylic acids is 1. The Bertz CT molecular complexity index is 543. The van der Waals surface area contributed by atoms with Crippen LogP contribution in [0.3, 0.4) is 0 Å². The predicted octanol–water partition coefficient (Wildman–Crippen LogP) is 1.54. The summed E-state index contributed by atoms with van der Waals surface area (Å²) >= 11 is 0. The molecule has 0 aliphatic carbocycles. The number of ketones is 1. The highest BCUT2D eigenvalue weighted by Crippen LogP contribution is 2.16. The third-order valence-corrected chi connectivity index (χ3v) is 2.51. The lowest BCUT2D eigenvalue weighted by Gasteiger charge is -2.01. The Labute approximate surface area is 93.7 Å². The smallest absolute Gasteiger partial charge is 0.198 e. The molecule has 4 heteroatoms. The van der Waals surface area contributed by atoms with Gasteiger partial charge in [0.15, 0.2) is 5.78 Å². The van der Waals surface area contributed by atoms with Crippen LogP contribution in [0.5, 0.6) is 0 Å². The summed E-state index contributed by atoms with van der Waals surface area (Å²) in [6, 6.07) is 7.43. The molecule has 1 heterocycles. The molecule has 16 heavy (non-hydrogen) atoms. The zero-order valence-electron chi connectivity index (χ0n) is 9.27. The largest absolute Gasteiger partial charge is 0.383 e. The van der Waals surface area contributed by atoms with Gasteiger partial charge in [-0.25, -0.2) is 0 Å². The van der Waals surface area contributed by atoms with E-state index in [0.717, 1.165) is 5.56 Å². The molecule has 0 unspecified atom stereocenters. The molecule has 0 saturated heterocycles. The van der Waals surface area contributed by atoms with Crippen molar-refractivity contribution in [2.75, 3.05) is 5.73 Å². The minimum atomic E-state index is -0.0886. The van der Waals surface area contributed by atoms with Crippen molar-refractivity contribution in [3.05, 3.63) is 47.2 Å². The standard InChI is InChI=1S/C12H13N3O/c1-8-4-3-5-9(6-8)11(16)10-7-14-15(2)12(10)13/h3-7H,13H2,1-2H3. The van der Waals surface area contributed by atoms with Crippen LogP contribution in [-0.4, -0.2) is 15.6 Å². The van der Waals surface area contributed by atoms with E-state index in [1.54, 1.807) is 13.1 Å². The maximum Gasteiger partial charge on any atom is 0.198 e. The van der Waals surface area contributed by atoms with Gasteiger partial charge in [0.1, 0.15) is 5.82 Å². The summed E-state index contributed by atoms with van der Waals surface area (Å²) in [4.78, 5) is 12.1. The Morgan fingerprint density at radius 1 is 1.44 bits per heavy atom. The van der Waals surface area contributed by atoms with Gasteiger partial charge in [0.25, 0.3) is 0 Å². The molecule has 82 valence electrons. The number of aryl methyl sites for hydroxylation is 2. The van der Waals surface area contributed by atoms with Crippen molar-refractivity contribution < 1.29 is 4.79 Å². The van der Waals surface area contributed by atoms with Gasteiger partial charge in [-0.3, -0.25) is 9.48 Å². The van der Waals surface area contributed by atoms with Gasteiger partial charge in [-0.2, -0.15) is 5.10 Å². The van der Waals surface area contributed by atoms with Crippen molar-refractivity contribution in [2.45, 2.75) is 6.92 Å². The zero-order valence-corrected chi connectivity index (χ0v) is 9.27. The van der Waals surface area contributed by atoms with Gasteiger partial charge in [-0.05, 0) is 13.0 Å². The van der Waals surface area contributed by atoms with Gasteiger partial charge >= 0.3 is 0 Å². The normalized spacial score (nSPS) is 10.4. The van der Waals surface area contributed by atoms with E-state index in [4.69, 9.17) is 5.73 Å². The van der Waals surface area contributed by atoms with Crippen LogP contribution in [-0.2, 0) is 7.05 Å². The molecule has 1 aromatic carbocycles. The lowest BCUT2D eigenvalue weighted by Crippen LogP contribution is -2.06. The van der Waals surface area contributed by atoms with E-state index < -0.39 is 0 Å². The van der Waals surface area contributed by atoms with Crippen LogP contribution in [0, 0.1) is 6.92 Å². The van der Waals surface area contributed by atoms with Gasteiger partial charge in [0, 0.05) is 12.6 Å². The monoisotopic (exact) mass is 215 g/mol. The fourth-order valence-corrected chi connectivity index (χ4v) is 1.56. The predicted molar refractivity (Wildman–Crippen MR) is 62.2 cm³/mol. The number of hydrogen-bond acceptors (Lipinski definition) is 3. The number of aromatic nitrogens is 2. The van der Waals surface area contributed by atoms with Crippen LogP contribution in [0.4, 0.5) is 5.82 Å². The number of nitrogens with two attached hydrogens (primary N) is 1. The first-order valence-electron chi connectivity index (χ1n) is 4.98. The van der Waals surface area contributed by atoms with E-state index in [1.807, 2.05) is 25.1 Å². The Kier molecular flexibility index (Phi) is 2.48. The second-order valence-electron chi connectivity index (χ2n) is 3.77. The van der Waals surface area contributed by atoms with Crippen LogP contribution >= 0.6 is 0 Å². The van der Waals surface area contributed by atoms with E-state index in [2.05, 4.69) is 5.10 Å². The fourth-order valence-electron chi connectivity index (χ4n) is 1.56. The lowest BCUT2D eigenvalue weighted by molar-refractivity contribution is 0.103. The molecule has 0 amide bonds. The van der Waals surface area contributed by atoms with E-state index in [9.17, 15) is 4.79 Å². The molecule has 0 radical (unpaired) electrons. The first kappa shape index (κ1) is 10.4. The first-order valence-corrected chi connectivity index (χ1v) is 4.98. The van der Waals surface area contributed by atoms with E-state index >= 15 is 0 Å². The second kappa shape index (κ2) is 3.81. The maximum absolute atomic E-state index is 12.1. The topological polar surface area (TPSA) is 60.9 Å². The first-order chi connectivity index (χ1) is 7.59. The van der Waals surface area contributed by atoms with Crippen LogP contribution in [0.15, 0.2) is 30.5 Å². The van der Waals surface area contributed by atoms with Crippen LogP contribution < -0.4 is 5.73 Å². The summed E-state index contributed by atoms with van der Waals surface area (Å²) in [5, 5.41) is 3.96. The fraction of sp³-hybridized carbons (Fsp3) is 0.167. The minimum absolute atomic E-state index is 0.0886. The van der Waals surface area contributed by atoms with Crippen molar-refractivity contribution >= 4 is 11.6 Å². The Morgan fingerprint density at radius 2 is 2.19 bits per heavy atom. The highest BCUT2D eigenvalue weighted by atomic mass is 16.1. The van der Waals surface area contributed by atoms with E-state index in [0.29, 0.717) is 16.9 Å². The van der Waals surface area contributed by atoms with Crippen molar-refractivity contribution in [1.82, 2.24) is 9.78 Å². The molecule has 4 nitrogen and oxygen atoms in total. The molecule has 2 rings (SSSR count). The summed E-state index contributed by atoms with van der Waals surface area (Å²) in [6.45, 7) is 1.95. The Morgan fingerprint density at radius 3 is 2.75 bits per heavy atom. The number of anilines is 1. The second-order valence-corrected chi connectivity index (χ2v) is 3.77. The summed E-state index contributed by atoms with van der Waals surface area (Å²) in [6.07, 6.45) is 1.50. The van der Waals surface area contributed by atoms with Crippen molar-refractivity contribution in [3.8, 4) is 0 Å². The summed E-state index contributed by atoms with van der Waals surface area (Å²) in [5.74, 6) is 0.306. The molecule has 0 fully saturated rings. The molecule has 0 saturated carbocycles. The van der Waals surface area contributed by atoms with Crippen molar-refractivity contribution in [1.29, 1.82) is 0 Å². The van der Waals surface area contributed by atoms with Gasteiger partial charge in [-0.15, -0.1) is 0 Å². The molecule has 0 spiro atoms. The number of carbonyl (C=O) groups is 1. The summed E-state index contributed by atoms with van der Waals surface area (Å²) in [5.41, 5.74) is 7.90. The molecule has 0 aliphatic heterocycles. The average Bonchev–Trinajstić information content (AvgIpc) is 2.59. The quantitative estimate of drug-likeness (QED) is 0.773. The Hall–Kier alpha value is -2.10. The van der Waals surface area contributed by atoms with Gasteiger partial charge in [0.05, 0.1) is 11.8 Å². The van der Waals surface area contributed by atoms with Crippen LogP contribution in [0.2, 0.25) is 0 Å². The lowest BCUT2D eigenvalue weighted by atomic mass is 10.0. The number of nitrogen functional groups attached to an aromatic ring is 1. The van der Waals surface area contributed by atoms with Crippen LogP contribution in [0.25, 0.3) is 0 Å². The molecule has 2 N–H and O–H groups in total. The maximum atomic E-state index is 12.1. The Balaban J connectivity index is 2.43. The summed E-state index contributed by atoms with van der Waals surface area (Å²) in [7, 11) is 1.71. The number of hydrogen-bond donors (Lipinski definition) is 1. The number of rotatable bonds is 2. The van der Waals surface area contributed by atoms with Crippen molar-refractivity contribution in [2.24, 2.45) is 7.05 Å². The van der Waals surface area contributed by atoms with Gasteiger partial charge in [-0.1, -0.05) is 23.8 Å². The number of nitrogens with zero attached hydrogens (tertiary/aromatic N) is 2. The highest BCUT2D eigenvalue weighted by molar-refractivity contribution is 6.11. The van der Waals surface area contributed by atoms with Gasteiger partial charge in [0.2, 0.25) is 0 Å². The van der Waals surface area contributed by atoms with E-state index in [-0.39, 0.29) is 5.78 Å². The summed E-state index contributed by atoms with van der Waals surface area (Å²) < 4.78 is 1.49. The van der Waals surface area contributed by atoms with Gasteiger partial charge < -0.3 is 5.73 Å². The minimum Gasteiger partial charge on any atom is -0.383 e. The average molecular weight is 215 g/mol. The third-order valence-electron chi connectivity index (χ3n) is 2.51. The SMILES string of the molecule is Cc1cccc(C(=O)c2cnn(C)c2N)c1. The molecule has 2 aromatic rings. The third kappa shape index (κ3) is 1.69. The van der Waals surface area contributed by atoms with Crippen LogP contribution in [0.1, 0.15) is 21.5 Å². The molecular formula is C12H13N3O. The van der Waals surface area contributed by atoms with Crippen molar-refractivity contribution in [3.63, 3.8) is 0 Å². The molecule has 0 atom stereocenters.